The van der Waals surface area contributed by atoms with Gasteiger partial charge in [0, 0.05) is 17.4 Å². The fraction of sp³-hybridized carbons (Fsp3) is 0.219. The fourth-order valence-electron chi connectivity index (χ4n) is 4.60. The summed E-state index contributed by atoms with van der Waals surface area (Å²) in [6.07, 6.45) is 1.63. The second-order valence-electron chi connectivity index (χ2n) is 9.37. The molecule has 0 saturated carbocycles. The van der Waals surface area contributed by atoms with Gasteiger partial charge in [-0.25, -0.2) is 9.78 Å². The summed E-state index contributed by atoms with van der Waals surface area (Å²) in [5.41, 5.74) is 6.18. The van der Waals surface area contributed by atoms with Gasteiger partial charge in [-0.2, -0.15) is 0 Å². The minimum Gasteiger partial charge on any atom is -0.488 e. The molecule has 0 atom stereocenters. The number of hydrogen-bond donors (Lipinski definition) is 0. The average molecular weight is 575 g/mol. The van der Waals surface area contributed by atoms with Crippen molar-refractivity contribution in [3.05, 3.63) is 99.4 Å². The Bertz CT molecular complexity index is 1680. The maximum atomic E-state index is 12.0. The molecule has 0 aliphatic carbocycles. The average Bonchev–Trinajstić information content (AvgIpc) is 3.33. The van der Waals surface area contributed by atoms with Gasteiger partial charge in [-0.15, -0.1) is 0 Å². The van der Waals surface area contributed by atoms with Crippen LogP contribution in [0.2, 0.25) is 10.0 Å². The van der Waals surface area contributed by atoms with E-state index in [9.17, 15) is 4.79 Å². The molecule has 0 radical (unpaired) electrons. The SMILES string of the molecule is CCCc1onc(-c2c(Cl)cccc2Cl)c1COc1ccc(-c2ccc3nc(C(=O)OCC)ccc3c2)cc1C. The maximum Gasteiger partial charge on any atom is 0.356 e. The van der Waals surface area contributed by atoms with Crippen LogP contribution in [0.1, 0.15) is 47.6 Å². The van der Waals surface area contributed by atoms with E-state index in [4.69, 9.17) is 37.2 Å². The standard InChI is InChI=1S/C32H28Cl2N2O4/c1-4-7-29-23(31(36-40-29)30-24(33)8-6-9-25(30)34)18-39-28-15-12-20(16-19(28)3)21-10-13-26-22(17-21)11-14-27(35-26)32(37)38-5-2/h6,8-17H,4-5,7,18H2,1-3H3. The second-order valence-corrected chi connectivity index (χ2v) is 10.2. The first kappa shape index (κ1) is 27.7. The number of carbonyl (C=O) groups excluding carboxylic acids is 1. The molecule has 2 heterocycles. The third-order valence-corrected chi connectivity index (χ3v) is 7.23. The lowest BCUT2D eigenvalue weighted by molar-refractivity contribution is 0.0520. The molecule has 5 rings (SSSR count). The summed E-state index contributed by atoms with van der Waals surface area (Å²) in [6, 6.07) is 21.0. The number of halogens is 2. The smallest absolute Gasteiger partial charge is 0.356 e. The Kier molecular flexibility index (Phi) is 8.38. The van der Waals surface area contributed by atoms with Crippen LogP contribution < -0.4 is 4.74 Å². The van der Waals surface area contributed by atoms with Crippen LogP contribution in [0.3, 0.4) is 0 Å². The number of aromatic nitrogens is 2. The van der Waals surface area contributed by atoms with Crippen molar-refractivity contribution in [3.63, 3.8) is 0 Å². The van der Waals surface area contributed by atoms with Gasteiger partial charge >= 0.3 is 5.97 Å². The van der Waals surface area contributed by atoms with Gasteiger partial charge in [0.25, 0.3) is 0 Å². The zero-order valence-electron chi connectivity index (χ0n) is 22.5. The molecule has 0 bridgehead atoms. The lowest BCUT2D eigenvalue weighted by Gasteiger charge is -2.13. The summed E-state index contributed by atoms with van der Waals surface area (Å²) in [5.74, 6) is 1.10. The van der Waals surface area contributed by atoms with E-state index in [0.717, 1.165) is 57.5 Å². The third kappa shape index (κ3) is 5.69. The largest absolute Gasteiger partial charge is 0.488 e. The zero-order chi connectivity index (χ0) is 28.2. The molecule has 204 valence electrons. The number of ether oxygens (including phenoxy) is 2. The molecular formula is C32H28Cl2N2O4. The molecular weight excluding hydrogens is 547 g/mol. The van der Waals surface area contributed by atoms with Crippen LogP contribution in [0.4, 0.5) is 0 Å². The molecule has 0 fully saturated rings. The highest BCUT2D eigenvalue weighted by Crippen LogP contribution is 2.38. The van der Waals surface area contributed by atoms with Crippen LogP contribution in [0, 0.1) is 6.92 Å². The van der Waals surface area contributed by atoms with Gasteiger partial charge in [0.15, 0.2) is 0 Å². The molecule has 3 aromatic carbocycles. The number of nitrogens with zero attached hydrogens (tertiary/aromatic N) is 2. The van der Waals surface area contributed by atoms with Gasteiger partial charge in [-0.05, 0) is 79.4 Å². The Hall–Kier alpha value is -3.87. The van der Waals surface area contributed by atoms with Gasteiger partial charge in [0.1, 0.15) is 29.5 Å². The fourth-order valence-corrected chi connectivity index (χ4v) is 5.18. The molecule has 0 aliphatic rings. The molecule has 0 aliphatic heterocycles. The van der Waals surface area contributed by atoms with Crippen molar-refractivity contribution in [2.24, 2.45) is 0 Å². The third-order valence-electron chi connectivity index (χ3n) is 6.60. The Morgan fingerprint density at radius 3 is 2.42 bits per heavy atom. The molecule has 0 N–H and O–H groups in total. The zero-order valence-corrected chi connectivity index (χ0v) is 24.0. The van der Waals surface area contributed by atoms with Crippen molar-refractivity contribution in [3.8, 4) is 28.1 Å². The van der Waals surface area contributed by atoms with Crippen molar-refractivity contribution in [1.82, 2.24) is 10.1 Å². The summed E-state index contributed by atoms with van der Waals surface area (Å²) in [4.78, 5) is 16.5. The number of aryl methyl sites for hydroxylation is 2. The summed E-state index contributed by atoms with van der Waals surface area (Å²) in [5, 5.41) is 6.26. The lowest BCUT2D eigenvalue weighted by Crippen LogP contribution is -2.06. The summed E-state index contributed by atoms with van der Waals surface area (Å²) >= 11 is 13.0. The van der Waals surface area contributed by atoms with E-state index in [1.54, 1.807) is 31.2 Å². The Balaban J connectivity index is 1.39. The molecule has 0 unspecified atom stereocenters. The number of rotatable bonds is 9. The Morgan fingerprint density at radius 1 is 0.950 bits per heavy atom. The van der Waals surface area contributed by atoms with Crippen LogP contribution in [0.5, 0.6) is 5.75 Å². The first-order chi connectivity index (χ1) is 19.4. The highest BCUT2D eigenvalue weighted by Gasteiger charge is 2.22. The van der Waals surface area contributed by atoms with E-state index < -0.39 is 5.97 Å². The van der Waals surface area contributed by atoms with Gasteiger partial charge < -0.3 is 14.0 Å². The van der Waals surface area contributed by atoms with Crippen molar-refractivity contribution in [1.29, 1.82) is 0 Å². The second kappa shape index (κ2) is 12.1. The Morgan fingerprint density at radius 2 is 1.70 bits per heavy atom. The molecule has 2 aromatic heterocycles. The lowest BCUT2D eigenvalue weighted by atomic mass is 10.0. The van der Waals surface area contributed by atoms with E-state index in [1.807, 2.05) is 37.3 Å². The van der Waals surface area contributed by atoms with Crippen LogP contribution in [0.25, 0.3) is 33.3 Å². The quantitative estimate of drug-likeness (QED) is 0.164. The van der Waals surface area contributed by atoms with Gasteiger partial charge in [-0.3, -0.25) is 0 Å². The van der Waals surface area contributed by atoms with Crippen molar-refractivity contribution >= 4 is 40.1 Å². The summed E-state index contributed by atoms with van der Waals surface area (Å²) < 4.78 is 17.0. The van der Waals surface area contributed by atoms with E-state index >= 15 is 0 Å². The van der Waals surface area contributed by atoms with E-state index in [2.05, 4.69) is 29.2 Å². The maximum absolute atomic E-state index is 12.0. The minimum absolute atomic E-state index is 0.264. The van der Waals surface area contributed by atoms with E-state index in [0.29, 0.717) is 33.6 Å². The molecule has 5 aromatic rings. The van der Waals surface area contributed by atoms with Crippen LogP contribution in [-0.4, -0.2) is 22.7 Å². The molecule has 0 amide bonds. The highest BCUT2D eigenvalue weighted by atomic mass is 35.5. The first-order valence-electron chi connectivity index (χ1n) is 13.1. The van der Waals surface area contributed by atoms with Crippen molar-refractivity contribution in [2.75, 3.05) is 6.61 Å². The highest BCUT2D eigenvalue weighted by molar-refractivity contribution is 6.39. The molecule has 0 saturated heterocycles. The molecule has 8 heteroatoms. The molecule has 40 heavy (non-hydrogen) atoms. The first-order valence-corrected chi connectivity index (χ1v) is 13.9. The predicted molar refractivity (Wildman–Crippen MR) is 158 cm³/mol. The van der Waals surface area contributed by atoms with Crippen molar-refractivity contribution < 1.29 is 18.8 Å². The summed E-state index contributed by atoms with van der Waals surface area (Å²) in [6.45, 7) is 6.45. The van der Waals surface area contributed by atoms with Crippen LogP contribution >= 0.6 is 23.2 Å². The van der Waals surface area contributed by atoms with E-state index in [1.165, 1.54) is 0 Å². The number of carbonyl (C=O) groups is 1. The van der Waals surface area contributed by atoms with Crippen LogP contribution in [-0.2, 0) is 17.8 Å². The molecule has 6 nitrogen and oxygen atoms in total. The van der Waals surface area contributed by atoms with E-state index in [-0.39, 0.29) is 6.61 Å². The number of hydrogen-bond acceptors (Lipinski definition) is 6. The van der Waals surface area contributed by atoms with Gasteiger partial charge in [-0.1, -0.05) is 59.5 Å². The number of benzene rings is 3. The number of pyridine rings is 1. The predicted octanol–water partition coefficient (Wildman–Crippen LogP) is 8.88. The van der Waals surface area contributed by atoms with Gasteiger partial charge in [0.2, 0.25) is 0 Å². The van der Waals surface area contributed by atoms with Gasteiger partial charge in [0.05, 0.1) is 27.7 Å². The number of fused-ring (bicyclic) bond motifs is 1. The Labute approximate surface area is 242 Å². The monoisotopic (exact) mass is 574 g/mol. The summed E-state index contributed by atoms with van der Waals surface area (Å²) in [7, 11) is 0. The molecule has 0 spiro atoms. The normalized spacial score (nSPS) is 11.1. The topological polar surface area (TPSA) is 74.5 Å². The van der Waals surface area contributed by atoms with Crippen molar-refractivity contribution in [2.45, 2.75) is 40.2 Å². The van der Waals surface area contributed by atoms with Crippen LogP contribution in [0.15, 0.2) is 71.3 Å². The minimum atomic E-state index is -0.421. The number of esters is 1.